The number of fused-ring (bicyclic) bond motifs is 1. The molecule has 0 aromatic carbocycles. The Hall–Kier alpha value is -1.53. The van der Waals surface area contributed by atoms with E-state index in [-0.39, 0.29) is 0 Å². The van der Waals surface area contributed by atoms with Crippen LogP contribution >= 0.6 is 0 Å². The average molecular weight is 275 g/mol. The third-order valence-corrected chi connectivity index (χ3v) is 4.02. The molecule has 1 saturated heterocycles. The Balaban J connectivity index is 2.04. The minimum absolute atomic E-state index is 0.647. The molecule has 20 heavy (non-hydrogen) atoms. The third-order valence-electron chi connectivity index (χ3n) is 4.02. The number of likely N-dealkylation sites (tertiary alicyclic amines) is 1. The zero-order chi connectivity index (χ0) is 14.0. The summed E-state index contributed by atoms with van der Waals surface area (Å²) in [6, 6.07) is 0. The maximum Gasteiger partial charge on any atom is 0.219 e. The molecule has 0 spiro atoms. The largest absolute Gasteiger partial charge is 0.357 e. The third kappa shape index (κ3) is 2.19. The molecule has 3 heterocycles. The van der Waals surface area contributed by atoms with Gasteiger partial charge in [-0.25, -0.2) is 14.6 Å². The molecule has 1 fully saturated rings. The quantitative estimate of drug-likeness (QED) is 0.920. The van der Waals surface area contributed by atoms with Crippen molar-refractivity contribution in [3.05, 3.63) is 18.7 Å². The number of rotatable bonds is 4. The van der Waals surface area contributed by atoms with Crippen molar-refractivity contribution in [2.45, 2.75) is 44.9 Å². The van der Waals surface area contributed by atoms with Gasteiger partial charge in [-0.05, 0) is 12.8 Å². The van der Waals surface area contributed by atoms with Crippen LogP contribution in [0.3, 0.4) is 0 Å². The molecule has 6 nitrogen and oxygen atoms in total. The van der Waals surface area contributed by atoms with Gasteiger partial charge in [0.15, 0.2) is 5.65 Å². The number of aliphatic hydroxyl groups is 1. The van der Waals surface area contributed by atoms with E-state index in [4.69, 9.17) is 0 Å². The van der Waals surface area contributed by atoms with Crippen molar-refractivity contribution in [1.82, 2.24) is 24.6 Å². The highest BCUT2D eigenvalue weighted by atomic mass is 16.3. The maximum absolute atomic E-state index is 11.3. The fraction of sp³-hybridized carbons (Fsp3) is 0.643. The lowest BCUT2D eigenvalue weighted by Gasteiger charge is -2.41. The van der Waals surface area contributed by atoms with Gasteiger partial charge >= 0.3 is 0 Å². The van der Waals surface area contributed by atoms with E-state index in [1.807, 2.05) is 0 Å². The van der Waals surface area contributed by atoms with E-state index >= 15 is 0 Å². The Morgan fingerprint density at radius 2 is 2.05 bits per heavy atom. The summed E-state index contributed by atoms with van der Waals surface area (Å²) >= 11 is 0. The van der Waals surface area contributed by atoms with E-state index in [1.165, 1.54) is 12.7 Å². The SMILES string of the molecule is CCCC(O)(N1CCCCC1)n1ncc2cncnc21. The van der Waals surface area contributed by atoms with Crippen molar-refractivity contribution in [3.63, 3.8) is 0 Å². The van der Waals surface area contributed by atoms with Crippen molar-refractivity contribution < 1.29 is 5.11 Å². The van der Waals surface area contributed by atoms with Gasteiger partial charge in [0.05, 0.1) is 11.6 Å². The molecule has 2 aromatic heterocycles. The minimum Gasteiger partial charge on any atom is -0.357 e. The van der Waals surface area contributed by atoms with Crippen molar-refractivity contribution in [1.29, 1.82) is 0 Å². The van der Waals surface area contributed by atoms with Crippen LogP contribution in [-0.4, -0.2) is 42.8 Å². The molecule has 108 valence electrons. The molecule has 0 aliphatic carbocycles. The van der Waals surface area contributed by atoms with E-state index in [0.29, 0.717) is 12.1 Å². The van der Waals surface area contributed by atoms with Crippen molar-refractivity contribution in [2.24, 2.45) is 0 Å². The predicted octanol–water partition coefficient (Wildman–Crippen LogP) is 1.71. The number of aromatic nitrogens is 4. The zero-order valence-electron chi connectivity index (χ0n) is 11.9. The summed E-state index contributed by atoms with van der Waals surface area (Å²) in [4.78, 5) is 10.4. The first-order valence-corrected chi connectivity index (χ1v) is 7.37. The Kier molecular flexibility index (Phi) is 3.67. The normalized spacial score (nSPS) is 20.1. The smallest absolute Gasteiger partial charge is 0.219 e. The molecule has 3 rings (SSSR count). The van der Waals surface area contributed by atoms with Crippen LogP contribution in [0.25, 0.3) is 11.0 Å². The highest BCUT2D eigenvalue weighted by molar-refractivity contribution is 5.72. The lowest BCUT2D eigenvalue weighted by Crippen LogP contribution is -2.53. The highest BCUT2D eigenvalue weighted by Crippen LogP contribution is 2.29. The van der Waals surface area contributed by atoms with Gasteiger partial charge in [-0.2, -0.15) is 5.10 Å². The van der Waals surface area contributed by atoms with Gasteiger partial charge in [0.2, 0.25) is 5.85 Å². The van der Waals surface area contributed by atoms with Crippen LogP contribution in [0.15, 0.2) is 18.7 Å². The second-order valence-corrected chi connectivity index (χ2v) is 5.43. The van der Waals surface area contributed by atoms with Crippen LogP contribution in [0.5, 0.6) is 0 Å². The summed E-state index contributed by atoms with van der Waals surface area (Å²) in [5.41, 5.74) is 0.696. The molecule has 1 N–H and O–H groups in total. The molecule has 1 aliphatic rings. The van der Waals surface area contributed by atoms with Crippen LogP contribution in [0.2, 0.25) is 0 Å². The van der Waals surface area contributed by atoms with Gasteiger partial charge in [0, 0.05) is 25.7 Å². The van der Waals surface area contributed by atoms with Gasteiger partial charge in [0.25, 0.3) is 0 Å². The average Bonchev–Trinajstić information content (AvgIpc) is 2.93. The molecule has 1 atom stereocenters. The summed E-state index contributed by atoms with van der Waals surface area (Å²) in [5.74, 6) is -1.08. The molecular weight excluding hydrogens is 254 g/mol. The standard InChI is InChI=1S/C14H21N5O/c1-2-6-14(20,18-7-4-3-5-8-18)19-13-12(10-17-19)9-15-11-16-13/h9-11,20H,2-8H2,1H3. The number of hydrogen-bond acceptors (Lipinski definition) is 5. The predicted molar refractivity (Wildman–Crippen MR) is 75.8 cm³/mol. The first-order chi connectivity index (χ1) is 9.75. The number of piperidine rings is 1. The molecule has 0 saturated carbocycles. The Labute approximate surface area is 118 Å². The van der Waals surface area contributed by atoms with Crippen molar-refractivity contribution in [2.75, 3.05) is 13.1 Å². The van der Waals surface area contributed by atoms with Gasteiger partial charge in [0.1, 0.15) is 6.33 Å². The summed E-state index contributed by atoms with van der Waals surface area (Å²) in [6.07, 6.45) is 9.98. The van der Waals surface area contributed by atoms with Crippen LogP contribution in [0.1, 0.15) is 39.0 Å². The highest BCUT2D eigenvalue weighted by Gasteiger charge is 2.38. The second kappa shape index (κ2) is 5.46. The molecule has 0 radical (unpaired) electrons. The van der Waals surface area contributed by atoms with E-state index in [2.05, 4.69) is 26.9 Å². The Morgan fingerprint density at radius 1 is 1.25 bits per heavy atom. The summed E-state index contributed by atoms with van der Waals surface area (Å²) in [7, 11) is 0. The lowest BCUT2D eigenvalue weighted by atomic mass is 10.1. The van der Waals surface area contributed by atoms with Gasteiger partial charge in [-0.3, -0.25) is 4.90 Å². The molecule has 1 aliphatic heterocycles. The summed E-state index contributed by atoms with van der Waals surface area (Å²) in [5, 5.41) is 16.5. The summed E-state index contributed by atoms with van der Waals surface area (Å²) in [6.45, 7) is 3.89. The van der Waals surface area contributed by atoms with E-state index < -0.39 is 5.85 Å². The van der Waals surface area contributed by atoms with Crippen LogP contribution in [-0.2, 0) is 5.85 Å². The van der Waals surface area contributed by atoms with E-state index in [9.17, 15) is 5.11 Å². The monoisotopic (exact) mass is 275 g/mol. The summed E-state index contributed by atoms with van der Waals surface area (Å²) < 4.78 is 1.67. The molecule has 6 heteroatoms. The number of nitrogens with zero attached hydrogens (tertiary/aromatic N) is 5. The van der Waals surface area contributed by atoms with Crippen LogP contribution in [0.4, 0.5) is 0 Å². The fourth-order valence-corrected chi connectivity index (χ4v) is 3.02. The Bertz CT molecular complexity index is 578. The molecule has 2 aromatic rings. The maximum atomic E-state index is 11.3. The van der Waals surface area contributed by atoms with Gasteiger partial charge in [-0.15, -0.1) is 0 Å². The first-order valence-electron chi connectivity index (χ1n) is 7.37. The van der Waals surface area contributed by atoms with Crippen LogP contribution in [0, 0.1) is 0 Å². The first kappa shape index (κ1) is 13.5. The number of hydrogen-bond donors (Lipinski definition) is 1. The molecule has 1 unspecified atom stereocenters. The van der Waals surface area contributed by atoms with E-state index in [1.54, 1.807) is 17.1 Å². The Morgan fingerprint density at radius 3 is 2.80 bits per heavy atom. The second-order valence-electron chi connectivity index (χ2n) is 5.43. The zero-order valence-corrected chi connectivity index (χ0v) is 11.9. The topological polar surface area (TPSA) is 67.1 Å². The molecule has 0 amide bonds. The lowest BCUT2D eigenvalue weighted by molar-refractivity contribution is -0.191. The molecular formula is C14H21N5O. The molecule has 0 bridgehead atoms. The van der Waals surface area contributed by atoms with Crippen molar-refractivity contribution >= 4 is 11.0 Å². The van der Waals surface area contributed by atoms with Crippen molar-refractivity contribution in [3.8, 4) is 0 Å². The minimum atomic E-state index is -1.08. The van der Waals surface area contributed by atoms with E-state index in [0.717, 1.165) is 37.7 Å². The van der Waals surface area contributed by atoms with Gasteiger partial charge in [-0.1, -0.05) is 19.8 Å². The fourth-order valence-electron chi connectivity index (χ4n) is 3.02. The van der Waals surface area contributed by atoms with Gasteiger partial charge < -0.3 is 5.11 Å². The van der Waals surface area contributed by atoms with Crippen LogP contribution < -0.4 is 0 Å².